The summed E-state index contributed by atoms with van der Waals surface area (Å²) < 4.78 is 5.45. The summed E-state index contributed by atoms with van der Waals surface area (Å²) in [6, 6.07) is 0. The molecule has 5 heteroatoms. The van der Waals surface area contributed by atoms with E-state index in [0.29, 0.717) is 16.5 Å². The molecule has 1 heterocycles. The monoisotopic (exact) mass is 349 g/mol. The number of ether oxygens (including phenoxy) is 1. The van der Waals surface area contributed by atoms with Gasteiger partial charge in [-0.2, -0.15) is 0 Å². The fourth-order valence-electron chi connectivity index (χ4n) is 3.46. The van der Waals surface area contributed by atoms with Crippen LogP contribution in [-0.2, 0) is 22.4 Å². The molecule has 2 aliphatic rings. The van der Waals surface area contributed by atoms with E-state index >= 15 is 0 Å². The first-order chi connectivity index (χ1) is 11.5. The quantitative estimate of drug-likeness (QED) is 0.792. The third-order valence-electron chi connectivity index (χ3n) is 5.20. The van der Waals surface area contributed by atoms with Gasteiger partial charge < -0.3 is 10.1 Å². The molecule has 0 saturated heterocycles. The Morgan fingerprint density at radius 3 is 2.62 bits per heavy atom. The molecular formula is C19H27NO3S. The molecule has 1 aromatic heterocycles. The van der Waals surface area contributed by atoms with E-state index in [1.165, 1.54) is 4.88 Å². The maximum Gasteiger partial charge on any atom is 0.341 e. The molecule has 3 rings (SSSR count). The number of rotatable bonds is 5. The maximum absolute atomic E-state index is 12.6. The predicted molar refractivity (Wildman–Crippen MR) is 96.6 cm³/mol. The van der Waals surface area contributed by atoms with Gasteiger partial charge in [0.25, 0.3) is 0 Å². The van der Waals surface area contributed by atoms with Crippen LogP contribution in [0.1, 0.15) is 73.7 Å². The minimum Gasteiger partial charge on any atom is -0.459 e. The van der Waals surface area contributed by atoms with Crippen molar-refractivity contribution in [1.82, 2.24) is 0 Å². The van der Waals surface area contributed by atoms with Gasteiger partial charge in [-0.1, -0.05) is 19.8 Å². The first kappa shape index (κ1) is 17.5. The number of carbonyl (C=O) groups is 2. The van der Waals surface area contributed by atoms with Crippen LogP contribution in [0.5, 0.6) is 0 Å². The molecule has 0 unspecified atom stereocenters. The van der Waals surface area contributed by atoms with E-state index in [2.05, 4.69) is 12.2 Å². The van der Waals surface area contributed by atoms with Crippen LogP contribution in [0.25, 0.3) is 0 Å². The van der Waals surface area contributed by atoms with Crippen molar-refractivity contribution in [3.8, 4) is 0 Å². The lowest BCUT2D eigenvalue weighted by Gasteiger charge is -2.24. The summed E-state index contributed by atoms with van der Waals surface area (Å²) in [5.41, 5.74) is 1.73. The Bertz CT molecular complexity index is 631. The van der Waals surface area contributed by atoms with E-state index in [0.717, 1.165) is 50.5 Å². The Balaban J connectivity index is 1.89. The van der Waals surface area contributed by atoms with Gasteiger partial charge in [-0.25, -0.2) is 4.79 Å². The topological polar surface area (TPSA) is 55.4 Å². The molecule has 0 radical (unpaired) electrons. The number of hydrogen-bond acceptors (Lipinski definition) is 4. The Labute approximate surface area is 148 Å². The summed E-state index contributed by atoms with van der Waals surface area (Å²) >= 11 is 1.58. The summed E-state index contributed by atoms with van der Waals surface area (Å²) in [6.07, 6.45) is 7.07. The van der Waals surface area contributed by atoms with E-state index in [9.17, 15) is 9.59 Å². The van der Waals surface area contributed by atoms with Crippen molar-refractivity contribution in [2.24, 2.45) is 11.8 Å². The van der Waals surface area contributed by atoms with Gasteiger partial charge >= 0.3 is 5.97 Å². The third kappa shape index (κ3) is 3.51. The molecule has 1 amide bonds. The predicted octanol–water partition coefficient (Wildman–Crippen LogP) is 4.57. The summed E-state index contributed by atoms with van der Waals surface area (Å²) in [4.78, 5) is 26.3. The van der Waals surface area contributed by atoms with Crippen LogP contribution in [0.2, 0.25) is 0 Å². The van der Waals surface area contributed by atoms with Gasteiger partial charge in [-0.3, -0.25) is 4.79 Å². The molecule has 1 saturated carbocycles. The van der Waals surface area contributed by atoms with Crippen molar-refractivity contribution in [2.45, 2.75) is 71.8 Å². The minimum absolute atomic E-state index is 0.0606. The molecule has 132 valence electrons. The minimum atomic E-state index is -0.290. The largest absolute Gasteiger partial charge is 0.459 e. The summed E-state index contributed by atoms with van der Waals surface area (Å²) in [6.45, 7) is 5.93. The zero-order valence-electron chi connectivity index (χ0n) is 14.8. The average Bonchev–Trinajstić information content (AvgIpc) is 2.81. The standard InChI is InChI=1S/C19H27NO3S/c1-4-12-8-9-14-15(10-12)24-18(16(14)19(22)23-11(2)3)20-17(21)13-6-5-7-13/h11-13H,4-10H2,1-3H3,(H,20,21)/t12-/m0/s1. The van der Waals surface area contributed by atoms with Crippen molar-refractivity contribution in [1.29, 1.82) is 0 Å². The number of amides is 1. The Morgan fingerprint density at radius 1 is 1.29 bits per heavy atom. The van der Waals surface area contributed by atoms with Crippen LogP contribution in [0.15, 0.2) is 0 Å². The van der Waals surface area contributed by atoms with Gasteiger partial charge in [0, 0.05) is 10.8 Å². The number of thiophene rings is 1. The SMILES string of the molecule is CC[C@H]1CCc2c(sc(NC(=O)C3CCC3)c2C(=O)OC(C)C)C1. The Morgan fingerprint density at radius 2 is 2.04 bits per heavy atom. The van der Waals surface area contributed by atoms with E-state index in [1.807, 2.05) is 13.8 Å². The molecule has 0 spiro atoms. The summed E-state index contributed by atoms with van der Waals surface area (Å²) in [7, 11) is 0. The summed E-state index contributed by atoms with van der Waals surface area (Å²) in [5.74, 6) is 0.564. The van der Waals surface area contributed by atoms with Crippen LogP contribution in [-0.4, -0.2) is 18.0 Å². The Kier molecular flexibility index (Phi) is 5.28. The molecule has 0 aliphatic heterocycles. The lowest BCUT2D eigenvalue weighted by Crippen LogP contribution is -2.28. The molecule has 2 aliphatic carbocycles. The first-order valence-electron chi connectivity index (χ1n) is 9.16. The van der Waals surface area contributed by atoms with Crippen molar-refractivity contribution < 1.29 is 14.3 Å². The van der Waals surface area contributed by atoms with Crippen LogP contribution in [0.4, 0.5) is 5.00 Å². The van der Waals surface area contributed by atoms with Crippen molar-refractivity contribution in [3.63, 3.8) is 0 Å². The molecule has 1 fully saturated rings. The van der Waals surface area contributed by atoms with E-state index in [1.54, 1.807) is 11.3 Å². The van der Waals surface area contributed by atoms with E-state index in [-0.39, 0.29) is 23.9 Å². The molecular weight excluding hydrogens is 322 g/mol. The molecule has 0 bridgehead atoms. The second-order valence-corrected chi connectivity index (χ2v) is 8.40. The number of hydrogen-bond donors (Lipinski definition) is 1. The van der Waals surface area contributed by atoms with E-state index in [4.69, 9.17) is 4.74 Å². The number of fused-ring (bicyclic) bond motifs is 1. The van der Waals surface area contributed by atoms with Crippen molar-refractivity contribution in [3.05, 3.63) is 16.0 Å². The first-order valence-corrected chi connectivity index (χ1v) is 9.97. The van der Waals surface area contributed by atoms with Gasteiger partial charge in [0.15, 0.2) is 0 Å². The zero-order valence-corrected chi connectivity index (χ0v) is 15.6. The fraction of sp³-hybridized carbons (Fsp3) is 0.684. The zero-order chi connectivity index (χ0) is 17.3. The second-order valence-electron chi connectivity index (χ2n) is 7.30. The smallest absolute Gasteiger partial charge is 0.341 e. The third-order valence-corrected chi connectivity index (χ3v) is 6.37. The van der Waals surface area contributed by atoms with Crippen LogP contribution < -0.4 is 5.32 Å². The molecule has 1 N–H and O–H groups in total. The average molecular weight is 349 g/mol. The van der Waals surface area contributed by atoms with Gasteiger partial charge in [-0.15, -0.1) is 11.3 Å². The number of carbonyl (C=O) groups excluding carboxylic acids is 2. The van der Waals surface area contributed by atoms with Gasteiger partial charge in [0.05, 0.1) is 11.7 Å². The lowest BCUT2D eigenvalue weighted by atomic mass is 9.84. The number of nitrogens with one attached hydrogen (secondary N) is 1. The Hall–Kier alpha value is -1.36. The van der Waals surface area contributed by atoms with E-state index < -0.39 is 0 Å². The molecule has 24 heavy (non-hydrogen) atoms. The molecule has 1 atom stereocenters. The normalized spacial score (nSPS) is 20.4. The lowest BCUT2D eigenvalue weighted by molar-refractivity contribution is -0.122. The van der Waals surface area contributed by atoms with Crippen molar-refractivity contribution in [2.75, 3.05) is 5.32 Å². The van der Waals surface area contributed by atoms with Gasteiger partial charge in [-0.05, 0) is 57.4 Å². The van der Waals surface area contributed by atoms with Crippen LogP contribution in [0, 0.1) is 11.8 Å². The molecule has 0 aromatic carbocycles. The second kappa shape index (κ2) is 7.26. The molecule has 4 nitrogen and oxygen atoms in total. The van der Waals surface area contributed by atoms with Crippen molar-refractivity contribution >= 4 is 28.2 Å². The fourth-order valence-corrected chi connectivity index (χ4v) is 4.82. The van der Waals surface area contributed by atoms with Gasteiger partial charge in [0.2, 0.25) is 5.91 Å². The van der Waals surface area contributed by atoms with Crippen LogP contribution in [0.3, 0.4) is 0 Å². The highest BCUT2D eigenvalue weighted by atomic mass is 32.1. The van der Waals surface area contributed by atoms with Crippen LogP contribution >= 0.6 is 11.3 Å². The highest BCUT2D eigenvalue weighted by molar-refractivity contribution is 7.17. The highest BCUT2D eigenvalue weighted by Gasteiger charge is 2.32. The molecule has 1 aromatic rings. The number of anilines is 1. The van der Waals surface area contributed by atoms with Gasteiger partial charge in [0.1, 0.15) is 5.00 Å². The summed E-state index contributed by atoms with van der Waals surface area (Å²) in [5, 5.41) is 3.74. The maximum atomic E-state index is 12.6. The number of esters is 1. The highest BCUT2D eigenvalue weighted by Crippen LogP contribution is 2.41.